The second-order valence-corrected chi connectivity index (χ2v) is 7.11. The summed E-state index contributed by atoms with van der Waals surface area (Å²) in [5.41, 5.74) is 0.847. The molecule has 0 aliphatic carbocycles. The standard InChI is InChI=1S/C14H20N2O4S/c1-10-4-5-11(14(17)20-3)8-13(10)21(18,19)16(2)12-6-7-15-9-12/h4-5,8,12,15H,6-7,9H2,1-3H3. The number of ether oxygens (including phenoxy) is 1. The lowest BCUT2D eigenvalue weighted by Gasteiger charge is -2.24. The van der Waals surface area contributed by atoms with Crippen LogP contribution in [0.4, 0.5) is 0 Å². The number of carbonyl (C=O) groups is 1. The van der Waals surface area contributed by atoms with Gasteiger partial charge in [0.15, 0.2) is 0 Å². The number of benzene rings is 1. The molecular formula is C14H20N2O4S. The summed E-state index contributed by atoms with van der Waals surface area (Å²) in [7, 11) is -0.781. The van der Waals surface area contributed by atoms with Gasteiger partial charge in [0.2, 0.25) is 10.0 Å². The van der Waals surface area contributed by atoms with Gasteiger partial charge in [0.1, 0.15) is 0 Å². The van der Waals surface area contributed by atoms with Crippen molar-refractivity contribution in [3.8, 4) is 0 Å². The van der Waals surface area contributed by atoms with Crippen LogP contribution in [0.1, 0.15) is 22.3 Å². The van der Waals surface area contributed by atoms with Crippen LogP contribution in [0.15, 0.2) is 23.1 Å². The molecule has 0 aromatic heterocycles. The maximum Gasteiger partial charge on any atom is 0.337 e. The molecule has 1 atom stereocenters. The van der Waals surface area contributed by atoms with Gasteiger partial charge in [-0.2, -0.15) is 4.31 Å². The molecule has 116 valence electrons. The van der Waals surface area contributed by atoms with Crippen LogP contribution in [0, 0.1) is 6.92 Å². The summed E-state index contributed by atoms with van der Waals surface area (Å²) in [5.74, 6) is -0.545. The van der Waals surface area contributed by atoms with Crippen LogP contribution in [0.5, 0.6) is 0 Å². The number of methoxy groups -OCH3 is 1. The second-order valence-electron chi connectivity index (χ2n) is 5.14. The number of esters is 1. The van der Waals surface area contributed by atoms with Crippen molar-refractivity contribution in [3.05, 3.63) is 29.3 Å². The Morgan fingerprint density at radius 1 is 1.43 bits per heavy atom. The van der Waals surface area contributed by atoms with E-state index in [2.05, 4.69) is 10.1 Å². The molecule has 1 N–H and O–H groups in total. The fraction of sp³-hybridized carbons (Fsp3) is 0.500. The number of likely N-dealkylation sites (N-methyl/N-ethyl adjacent to an activating group) is 1. The predicted octanol–water partition coefficient (Wildman–Crippen LogP) is 0.764. The molecule has 1 aromatic rings. The number of aryl methyl sites for hydroxylation is 1. The van der Waals surface area contributed by atoms with Crippen molar-refractivity contribution in [1.82, 2.24) is 9.62 Å². The monoisotopic (exact) mass is 312 g/mol. The Kier molecular flexibility index (Phi) is 4.65. The number of sulfonamides is 1. The molecule has 1 heterocycles. The van der Waals surface area contributed by atoms with Gasteiger partial charge in [-0.05, 0) is 37.6 Å². The molecule has 1 saturated heterocycles. The van der Waals surface area contributed by atoms with Gasteiger partial charge in [-0.15, -0.1) is 0 Å². The molecule has 0 radical (unpaired) electrons. The zero-order valence-corrected chi connectivity index (χ0v) is 13.2. The number of hydrogen-bond donors (Lipinski definition) is 1. The van der Waals surface area contributed by atoms with E-state index >= 15 is 0 Å². The summed E-state index contributed by atoms with van der Waals surface area (Å²) >= 11 is 0. The molecule has 21 heavy (non-hydrogen) atoms. The predicted molar refractivity (Wildman–Crippen MR) is 78.7 cm³/mol. The molecule has 0 spiro atoms. The Morgan fingerprint density at radius 2 is 2.14 bits per heavy atom. The average Bonchev–Trinajstić information content (AvgIpc) is 2.99. The first kappa shape index (κ1) is 15.9. The lowest BCUT2D eigenvalue weighted by Crippen LogP contribution is -2.38. The topological polar surface area (TPSA) is 75.7 Å². The van der Waals surface area contributed by atoms with Crippen LogP contribution in [-0.2, 0) is 14.8 Å². The molecule has 1 fully saturated rings. The SMILES string of the molecule is COC(=O)c1ccc(C)c(S(=O)(=O)N(C)C2CCNC2)c1. The van der Waals surface area contributed by atoms with Crippen LogP contribution in [0.2, 0.25) is 0 Å². The highest BCUT2D eigenvalue weighted by Crippen LogP contribution is 2.23. The van der Waals surface area contributed by atoms with Crippen LogP contribution in [-0.4, -0.2) is 52.0 Å². The third-order valence-electron chi connectivity index (χ3n) is 3.81. The van der Waals surface area contributed by atoms with Crippen molar-refractivity contribution >= 4 is 16.0 Å². The van der Waals surface area contributed by atoms with Gasteiger partial charge in [0.05, 0.1) is 17.6 Å². The summed E-state index contributed by atoms with van der Waals surface area (Å²) in [4.78, 5) is 11.7. The highest BCUT2D eigenvalue weighted by molar-refractivity contribution is 7.89. The van der Waals surface area contributed by atoms with Crippen LogP contribution in [0.3, 0.4) is 0 Å². The molecule has 1 aromatic carbocycles. The third kappa shape index (κ3) is 3.09. The zero-order chi connectivity index (χ0) is 15.6. The molecule has 0 bridgehead atoms. The smallest absolute Gasteiger partial charge is 0.337 e. The maximum atomic E-state index is 12.7. The Balaban J connectivity index is 2.41. The highest BCUT2D eigenvalue weighted by atomic mass is 32.2. The summed E-state index contributed by atoms with van der Waals surface area (Å²) < 4.78 is 31.5. The van der Waals surface area contributed by atoms with E-state index in [1.807, 2.05) is 0 Å². The minimum atomic E-state index is -3.63. The largest absolute Gasteiger partial charge is 0.465 e. The molecule has 1 aliphatic heterocycles. The third-order valence-corrected chi connectivity index (χ3v) is 5.87. The number of hydrogen-bond acceptors (Lipinski definition) is 5. The van der Waals surface area contributed by atoms with Crippen molar-refractivity contribution in [1.29, 1.82) is 0 Å². The van der Waals surface area contributed by atoms with Crippen molar-refractivity contribution in [2.75, 3.05) is 27.2 Å². The van der Waals surface area contributed by atoms with Gasteiger partial charge < -0.3 is 10.1 Å². The molecule has 2 rings (SSSR count). The summed E-state index contributed by atoms with van der Waals surface area (Å²) in [6.45, 7) is 3.17. The number of carbonyl (C=O) groups excluding carboxylic acids is 1. The summed E-state index contributed by atoms with van der Waals surface area (Å²) in [5, 5.41) is 3.15. The Labute approximate surface area is 125 Å². The van der Waals surface area contributed by atoms with E-state index in [0.29, 0.717) is 12.1 Å². The van der Waals surface area contributed by atoms with Crippen LogP contribution < -0.4 is 5.32 Å². The fourth-order valence-corrected chi connectivity index (χ4v) is 4.06. The maximum absolute atomic E-state index is 12.7. The van der Waals surface area contributed by atoms with E-state index < -0.39 is 16.0 Å². The normalized spacial score (nSPS) is 19.0. The van der Waals surface area contributed by atoms with Crippen molar-refractivity contribution in [3.63, 3.8) is 0 Å². The molecule has 1 aliphatic rings. The number of nitrogens with one attached hydrogen (secondary N) is 1. The van der Waals surface area contributed by atoms with E-state index in [4.69, 9.17) is 0 Å². The van der Waals surface area contributed by atoms with Gasteiger partial charge in [0.25, 0.3) is 0 Å². The lowest BCUT2D eigenvalue weighted by molar-refractivity contribution is 0.0600. The van der Waals surface area contributed by atoms with E-state index in [9.17, 15) is 13.2 Å². The molecule has 7 heteroatoms. The highest BCUT2D eigenvalue weighted by Gasteiger charge is 2.31. The van der Waals surface area contributed by atoms with Crippen molar-refractivity contribution in [2.24, 2.45) is 0 Å². The van der Waals surface area contributed by atoms with Crippen LogP contribution >= 0.6 is 0 Å². The van der Waals surface area contributed by atoms with Gasteiger partial charge in [0, 0.05) is 19.6 Å². The molecule has 1 unspecified atom stereocenters. The first-order valence-corrected chi connectivity index (χ1v) is 8.19. The molecule has 0 amide bonds. The average molecular weight is 312 g/mol. The quantitative estimate of drug-likeness (QED) is 0.831. The molecule has 0 saturated carbocycles. The van der Waals surface area contributed by atoms with Gasteiger partial charge in [-0.3, -0.25) is 0 Å². The van der Waals surface area contributed by atoms with Gasteiger partial charge >= 0.3 is 5.97 Å². The van der Waals surface area contributed by atoms with Crippen molar-refractivity contribution < 1.29 is 17.9 Å². The first-order chi connectivity index (χ1) is 9.87. The van der Waals surface area contributed by atoms with E-state index in [-0.39, 0.29) is 16.5 Å². The summed E-state index contributed by atoms with van der Waals surface area (Å²) in [6.07, 6.45) is 0.783. The fourth-order valence-electron chi connectivity index (χ4n) is 2.42. The Bertz CT molecular complexity index is 636. The first-order valence-electron chi connectivity index (χ1n) is 6.75. The minimum absolute atomic E-state index is 0.0591. The van der Waals surface area contributed by atoms with E-state index in [0.717, 1.165) is 13.0 Å². The van der Waals surface area contributed by atoms with Crippen molar-refractivity contribution in [2.45, 2.75) is 24.3 Å². The summed E-state index contributed by atoms with van der Waals surface area (Å²) in [6, 6.07) is 4.52. The lowest BCUT2D eigenvalue weighted by atomic mass is 10.1. The van der Waals surface area contributed by atoms with E-state index in [1.54, 1.807) is 26.1 Å². The van der Waals surface area contributed by atoms with Gasteiger partial charge in [-0.25, -0.2) is 13.2 Å². The van der Waals surface area contributed by atoms with E-state index in [1.165, 1.54) is 17.5 Å². The zero-order valence-electron chi connectivity index (χ0n) is 12.4. The minimum Gasteiger partial charge on any atom is -0.465 e. The molecular weight excluding hydrogens is 292 g/mol. The molecule has 6 nitrogen and oxygen atoms in total. The van der Waals surface area contributed by atoms with Gasteiger partial charge in [-0.1, -0.05) is 6.07 Å². The Hall–Kier alpha value is -1.44. The van der Waals surface area contributed by atoms with Crippen LogP contribution in [0.25, 0.3) is 0 Å². The number of nitrogens with zero attached hydrogens (tertiary/aromatic N) is 1. The second kappa shape index (κ2) is 6.13. The Morgan fingerprint density at radius 3 is 2.71 bits per heavy atom. The number of rotatable bonds is 4.